The van der Waals surface area contributed by atoms with Gasteiger partial charge in [0.15, 0.2) is 11.6 Å². The maximum atomic E-state index is 5.46. The molecule has 0 amide bonds. The predicted molar refractivity (Wildman–Crippen MR) is 261 cm³/mol. The van der Waals surface area contributed by atoms with Crippen LogP contribution in [0.1, 0.15) is 11.4 Å². The molecule has 0 bridgehead atoms. The number of benzene rings is 8. The van der Waals surface area contributed by atoms with Crippen LogP contribution < -0.4 is 0 Å². The molecule has 0 unspecified atom stereocenters. The summed E-state index contributed by atoms with van der Waals surface area (Å²) in [5.41, 5.74) is 11.9. The van der Waals surface area contributed by atoms with Gasteiger partial charge in [-0.3, -0.25) is 4.57 Å². The smallest absolute Gasteiger partial charge is 0.163 e. The Hall–Kier alpha value is -8.06. The second kappa shape index (κ2) is 15.4. The van der Waals surface area contributed by atoms with E-state index in [0.717, 1.165) is 55.8 Å². The molecular formula is C57H37N5S. The molecule has 8 aromatic carbocycles. The minimum Gasteiger partial charge on any atom is -0.293 e. The molecule has 296 valence electrons. The van der Waals surface area contributed by atoms with E-state index in [2.05, 4.69) is 174 Å². The van der Waals surface area contributed by atoms with Gasteiger partial charge < -0.3 is 0 Å². The van der Waals surface area contributed by atoms with E-state index >= 15 is 0 Å². The molecule has 6 heteroatoms. The Labute approximate surface area is 368 Å². The highest BCUT2D eigenvalue weighted by molar-refractivity contribution is 7.25. The first-order valence-electron chi connectivity index (χ1n) is 21.2. The zero-order chi connectivity index (χ0) is 41.7. The fourth-order valence-electron chi connectivity index (χ4n) is 8.96. The third kappa shape index (κ3) is 6.65. The van der Waals surface area contributed by atoms with Crippen LogP contribution in [0.4, 0.5) is 0 Å². The molecule has 12 rings (SSSR count). The third-order valence-corrected chi connectivity index (χ3v) is 13.1. The normalized spacial score (nSPS) is 11.6. The number of nitrogens with zero attached hydrogens (tertiary/aromatic N) is 5. The fourth-order valence-corrected chi connectivity index (χ4v) is 10.1. The highest BCUT2D eigenvalue weighted by atomic mass is 32.1. The van der Waals surface area contributed by atoms with Gasteiger partial charge in [-0.05, 0) is 64.2 Å². The first-order valence-corrected chi connectivity index (χ1v) is 22.0. The Morgan fingerprint density at radius 3 is 1.65 bits per heavy atom. The zero-order valence-electron chi connectivity index (χ0n) is 34.1. The fraction of sp³-hybridized carbons (Fsp3) is 0.0175. The number of pyridine rings is 1. The van der Waals surface area contributed by atoms with Gasteiger partial charge in [-0.15, -0.1) is 11.3 Å². The summed E-state index contributed by atoms with van der Waals surface area (Å²) in [5, 5.41) is 4.93. The van der Waals surface area contributed by atoms with Gasteiger partial charge in [-0.25, -0.2) is 19.9 Å². The summed E-state index contributed by atoms with van der Waals surface area (Å²) < 4.78 is 4.87. The topological polar surface area (TPSA) is 56.5 Å². The van der Waals surface area contributed by atoms with Crippen LogP contribution >= 0.6 is 11.3 Å². The van der Waals surface area contributed by atoms with E-state index < -0.39 is 0 Å². The molecule has 4 heterocycles. The molecule has 0 N–H and O–H groups in total. The van der Waals surface area contributed by atoms with Gasteiger partial charge in [0.1, 0.15) is 11.6 Å². The summed E-state index contributed by atoms with van der Waals surface area (Å²) in [6, 6.07) is 72.8. The predicted octanol–water partition coefficient (Wildman–Crippen LogP) is 14.7. The van der Waals surface area contributed by atoms with Crippen molar-refractivity contribution >= 4 is 53.3 Å². The van der Waals surface area contributed by atoms with Gasteiger partial charge in [-0.1, -0.05) is 170 Å². The first-order chi connectivity index (χ1) is 31.2. The minimum absolute atomic E-state index is 0.422. The van der Waals surface area contributed by atoms with E-state index in [1.165, 1.54) is 42.1 Å². The Morgan fingerprint density at radius 1 is 0.381 bits per heavy atom. The van der Waals surface area contributed by atoms with E-state index in [1.807, 2.05) is 53.9 Å². The van der Waals surface area contributed by atoms with Crippen molar-refractivity contribution < 1.29 is 0 Å². The molecule has 63 heavy (non-hydrogen) atoms. The van der Waals surface area contributed by atoms with E-state index in [4.69, 9.17) is 19.9 Å². The van der Waals surface area contributed by atoms with Crippen molar-refractivity contribution in [3.63, 3.8) is 0 Å². The van der Waals surface area contributed by atoms with Crippen LogP contribution in [0.2, 0.25) is 0 Å². The van der Waals surface area contributed by atoms with Gasteiger partial charge in [-0.2, -0.15) is 0 Å². The highest BCUT2D eigenvalue weighted by Gasteiger charge is 2.21. The van der Waals surface area contributed by atoms with Gasteiger partial charge >= 0.3 is 0 Å². The van der Waals surface area contributed by atoms with Gasteiger partial charge in [0.05, 0.1) is 11.0 Å². The molecule has 0 aliphatic carbocycles. The van der Waals surface area contributed by atoms with E-state index in [-0.39, 0.29) is 0 Å². The molecule has 0 saturated heterocycles. The summed E-state index contributed by atoms with van der Waals surface area (Å²) in [7, 11) is 0. The van der Waals surface area contributed by atoms with Crippen LogP contribution in [0.3, 0.4) is 0 Å². The number of aromatic nitrogens is 5. The number of thiophene rings is 1. The monoisotopic (exact) mass is 823 g/mol. The SMILES string of the molecule is c1ccc(-c2nc(Cc3cc(-c4ccc(-c5ccccc5)c(-c5ccccc5)c4)cnc3-n3c4ccccc4c4cc5c(cc43)sc3ccccc35)nc(-c3ccccc3)n2)cc1. The molecule has 0 spiro atoms. The van der Waals surface area contributed by atoms with Crippen molar-refractivity contribution in [2.45, 2.75) is 6.42 Å². The average molecular weight is 824 g/mol. The second-order valence-corrected chi connectivity index (χ2v) is 16.9. The van der Waals surface area contributed by atoms with Crippen LogP contribution in [-0.4, -0.2) is 24.5 Å². The Balaban J connectivity index is 1.09. The molecule has 0 aliphatic heterocycles. The summed E-state index contributed by atoms with van der Waals surface area (Å²) in [5.74, 6) is 2.79. The van der Waals surface area contributed by atoms with Crippen LogP contribution in [0.25, 0.3) is 104 Å². The Kier molecular flexibility index (Phi) is 9.01. The van der Waals surface area contributed by atoms with Crippen molar-refractivity contribution in [3.05, 3.63) is 224 Å². The number of para-hydroxylation sites is 1. The number of hydrogen-bond donors (Lipinski definition) is 0. The van der Waals surface area contributed by atoms with Crippen LogP contribution in [0.15, 0.2) is 212 Å². The number of rotatable bonds is 8. The minimum atomic E-state index is 0.422. The standard InChI is InChI=1S/C57H37N5S/c1-5-17-37(18-6-1)44-30-29-41(32-47(44)38-19-7-2-8-20-38)43-31-42(33-54-59-55(39-21-9-3-10-22-39)61-56(60-54)40-23-11-4-12-24-40)57(58-36-43)62-50-27-15-13-25-45(50)48-34-49-46-26-14-16-28-52(46)63-53(49)35-51(48)62/h1-32,34-36H,33H2. The van der Waals surface area contributed by atoms with Crippen molar-refractivity contribution in [1.82, 2.24) is 24.5 Å². The lowest BCUT2D eigenvalue weighted by Gasteiger charge is -2.16. The van der Waals surface area contributed by atoms with Crippen LogP contribution in [-0.2, 0) is 6.42 Å². The van der Waals surface area contributed by atoms with Gasteiger partial charge in [0, 0.05) is 65.8 Å². The summed E-state index contributed by atoms with van der Waals surface area (Å²) >= 11 is 1.83. The molecular weight excluding hydrogens is 787 g/mol. The Bertz CT molecular complexity index is 3580. The zero-order valence-corrected chi connectivity index (χ0v) is 34.9. The van der Waals surface area contributed by atoms with Gasteiger partial charge in [0.2, 0.25) is 0 Å². The van der Waals surface area contributed by atoms with E-state index in [9.17, 15) is 0 Å². The second-order valence-electron chi connectivity index (χ2n) is 15.8. The van der Waals surface area contributed by atoms with E-state index in [0.29, 0.717) is 23.9 Å². The van der Waals surface area contributed by atoms with Crippen molar-refractivity contribution in [2.24, 2.45) is 0 Å². The summed E-state index contributed by atoms with van der Waals surface area (Å²) in [6.07, 6.45) is 2.45. The summed E-state index contributed by atoms with van der Waals surface area (Å²) in [6.45, 7) is 0. The van der Waals surface area contributed by atoms with Crippen LogP contribution in [0, 0.1) is 0 Å². The maximum Gasteiger partial charge on any atom is 0.163 e. The van der Waals surface area contributed by atoms with Crippen LogP contribution in [0.5, 0.6) is 0 Å². The molecule has 0 radical (unpaired) electrons. The molecule has 4 aromatic heterocycles. The van der Waals surface area contributed by atoms with Gasteiger partial charge in [0.25, 0.3) is 0 Å². The number of fused-ring (bicyclic) bond motifs is 6. The quantitative estimate of drug-likeness (QED) is 0.153. The highest BCUT2D eigenvalue weighted by Crippen LogP contribution is 2.42. The van der Waals surface area contributed by atoms with Crippen molar-refractivity contribution in [3.8, 4) is 62.0 Å². The molecule has 0 aliphatic rings. The van der Waals surface area contributed by atoms with Crippen molar-refractivity contribution in [1.29, 1.82) is 0 Å². The number of hydrogen-bond acceptors (Lipinski definition) is 5. The lowest BCUT2D eigenvalue weighted by molar-refractivity contribution is 0.914. The molecule has 0 atom stereocenters. The lowest BCUT2D eigenvalue weighted by atomic mass is 9.91. The third-order valence-electron chi connectivity index (χ3n) is 11.9. The van der Waals surface area contributed by atoms with Crippen molar-refractivity contribution in [2.75, 3.05) is 0 Å². The Morgan fingerprint density at radius 2 is 0.968 bits per heavy atom. The summed E-state index contributed by atoms with van der Waals surface area (Å²) in [4.78, 5) is 20.8. The average Bonchev–Trinajstić information content (AvgIpc) is 3.88. The molecule has 12 aromatic rings. The first kappa shape index (κ1) is 36.8. The van der Waals surface area contributed by atoms with E-state index in [1.54, 1.807) is 0 Å². The lowest BCUT2D eigenvalue weighted by Crippen LogP contribution is -2.08. The maximum absolute atomic E-state index is 5.46. The molecule has 0 fully saturated rings. The molecule has 5 nitrogen and oxygen atoms in total. The largest absolute Gasteiger partial charge is 0.293 e. The molecule has 0 saturated carbocycles.